The lowest BCUT2D eigenvalue weighted by Gasteiger charge is -2.22. The number of nitrogens with zero attached hydrogens (tertiary/aromatic N) is 3. The van der Waals surface area contributed by atoms with E-state index in [1.165, 1.54) is 25.6 Å². The summed E-state index contributed by atoms with van der Waals surface area (Å²) >= 11 is 0. The predicted molar refractivity (Wildman–Crippen MR) is 126 cm³/mol. The largest absolute Gasteiger partial charge is 0.494 e. The number of piperidine rings is 1. The zero-order valence-electron chi connectivity index (χ0n) is 19.4. The summed E-state index contributed by atoms with van der Waals surface area (Å²) in [6.45, 7) is 3.66. The Morgan fingerprint density at radius 3 is 2.47 bits per heavy atom. The van der Waals surface area contributed by atoms with E-state index in [0.29, 0.717) is 29.6 Å². The van der Waals surface area contributed by atoms with E-state index in [-0.39, 0.29) is 17.9 Å². The summed E-state index contributed by atoms with van der Waals surface area (Å²) < 4.78 is 40.0. The van der Waals surface area contributed by atoms with Crippen molar-refractivity contribution in [2.75, 3.05) is 25.5 Å². The summed E-state index contributed by atoms with van der Waals surface area (Å²) in [6, 6.07) is 5.38. The van der Waals surface area contributed by atoms with Gasteiger partial charge in [-0.15, -0.1) is 0 Å². The van der Waals surface area contributed by atoms with Crippen LogP contribution in [0.25, 0.3) is 0 Å². The molecule has 34 heavy (non-hydrogen) atoms. The second-order valence-electron chi connectivity index (χ2n) is 8.25. The van der Waals surface area contributed by atoms with E-state index in [1.807, 2.05) is 19.1 Å². The van der Waals surface area contributed by atoms with Crippen molar-refractivity contribution in [2.24, 2.45) is 0 Å². The summed E-state index contributed by atoms with van der Waals surface area (Å²) in [6.07, 6.45) is 8.07. The van der Waals surface area contributed by atoms with Gasteiger partial charge < -0.3 is 20.1 Å². The summed E-state index contributed by atoms with van der Waals surface area (Å²) in [5.74, 6) is -0.227. The number of benzene rings is 1. The van der Waals surface area contributed by atoms with Crippen LogP contribution in [0.4, 0.5) is 20.4 Å². The maximum atomic E-state index is 14.8. The van der Waals surface area contributed by atoms with Crippen molar-refractivity contribution >= 4 is 11.6 Å². The van der Waals surface area contributed by atoms with Gasteiger partial charge >= 0.3 is 0 Å². The van der Waals surface area contributed by atoms with Crippen LogP contribution < -0.4 is 20.1 Å². The monoisotopic (exact) mass is 469 g/mol. The normalized spacial score (nSPS) is 14.1. The number of halogens is 2. The van der Waals surface area contributed by atoms with Crippen molar-refractivity contribution in [3.05, 3.63) is 65.2 Å². The van der Waals surface area contributed by atoms with Crippen LogP contribution in [0.15, 0.2) is 36.8 Å². The number of rotatable bonds is 9. The highest BCUT2D eigenvalue weighted by atomic mass is 19.1. The Morgan fingerprint density at radius 1 is 1.06 bits per heavy atom. The lowest BCUT2D eigenvalue weighted by molar-refractivity contribution is 0.285. The molecule has 0 atom stereocenters. The lowest BCUT2D eigenvalue weighted by atomic mass is 9.94. The average molecular weight is 470 g/mol. The minimum atomic E-state index is -0.764. The first-order valence-electron chi connectivity index (χ1n) is 11.5. The minimum absolute atomic E-state index is 0.000899. The molecular formula is C25H29F2N5O2. The molecule has 0 amide bonds. The van der Waals surface area contributed by atoms with Gasteiger partial charge in [0.1, 0.15) is 12.4 Å². The second kappa shape index (κ2) is 11.2. The fraction of sp³-hybridized carbons (Fsp3) is 0.400. The molecule has 3 heterocycles. The smallest absolute Gasteiger partial charge is 0.227 e. The first kappa shape index (κ1) is 23.8. The highest BCUT2D eigenvalue weighted by Gasteiger charge is 2.20. The maximum Gasteiger partial charge on any atom is 0.227 e. The Hall–Kier alpha value is -3.33. The molecular weight excluding hydrogens is 440 g/mol. The molecule has 1 fully saturated rings. The van der Waals surface area contributed by atoms with Crippen LogP contribution in [0, 0.1) is 11.6 Å². The van der Waals surface area contributed by atoms with Crippen LogP contribution in [0.2, 0.25) is 0 Å². The molecule has 0 saturated carbocycles. The first-order chi connectivity index (χ1) is 16.6. The number of aryl methyl sites for hydroxylation is 1. The zero-order chi connectivity index (χ0) is 23.9. The van der Waals surface area contributed by atoms with E-state index < -0.39 is 11.6 Å². The summed E-state index contributed by atoms with van der Waals surface area (Å²) in [7, 11) is 1.35. The molecule has 0 unspecified atom stereocenters. The number of ether oxygens (including phenoxy) is 2. The number of pyridine rings is 1. The molecule has 1 aliphatic rings. The van der Waals surface area contributed by atoms with Gasteiger partial charge in [0.25, 0.3) is 0 Å². The molecule has 4 rings (SSSR count). The first-order valence-corrected chi connectivity index (χ1v) is 11.5. The molecule has 2 N–H and O–H groups in total. The quantitative estimate of drug-likeness (QED) is 0.461. The van der Waals surface area contributed by atoms with E-state index in [9.17, 15) is 8.78 Å². The summed E-state index contributed by atoms with van der Waals surface area (Å²) in [5, 5.41) is 6.46. The maximum absolute atomic E-state index is 14.8. The molecule has 180 valence electrons. The van der Waals surface area contributed by atoms with Crippen LogP contribution >= 0.6 is 0 Å². The lowest BCUT2D eigenvalue weighted by Crippen LogP contribution is -2.27. The highest BCUT2D eigenvalue weighted by Crippen LogP contribution is 2.29. The van der Waals surface area contributed by atoms with E-state index in [2.05, 4.69) is 25.6 Å². The Bertz CT molecular complexity index is 1090. The molecule has 1 aromatic carbocycles. The van der Waals surface area contributed by atoms with Gasteiger partial charge in [-0.1, -0.05) is 13.3 Å². The average Bonchev–Trinajstić information content (AvgIpc) is 2.87. The van der Waals surface area contributed by atoms with E-state index >= 15 is 0 Å². The van der Waals surface area contributed by atoms with Gasteiger partial charge in [0.15, 0.2) is 17.3 Å². The van der Waals surface area contributed by atoms with Crippen LogP contribution in [0.3, 0.4) is 0 Å². The molecule has 0 aliphatic carbocycles. The third kappa shape index (κ3) is 5.59. The highest BCUT2D eigenvalue weighted by molar-refractivity contribution is 5.51. The van der Waals surface area contributed by atoms with Crippen molar-refractivity contribution in [1.29, 1.82) is 0 Å². The molecule has 2 aromatic heterocycles. The standard InChI is InChI=1S/C25H29F2N5O2/c1-3-4-17-11-22(33-2)24(27)20(23(17)26)15-34-19-13-30-25(31-14-19)32-18-5-6-21(29-12-18)16-7-9-28-10-8-16/h5-6,11-14,16,28H,3-4,7-10,15H2,1-2H3,(H,30,31,32). The zero-order valence-corrected chi connectivity index (χ0v) is 19.4. The van der Waals surface area contributed by atoms with Gasteiger partial charge in [-0.3, -0.25) is 4.98 Å². The van der Waals surface area contributed by atoms with Gasteiger partial charge in [0.05, 0.1) is 37.0 Å². The second-order valence-corrected chi connectivity index (χ2v) is 8.25. The number of aromatic nitrogens is 3. The molecule has 3 aromatic rings. The van der Waals surface area contributed by atoms with E-state index in [4.69, 9.17) is 9.47 Å². The fourth-order valence-electron chi connectivity index (χ4n) is 4.03. The van der Waals surface area contributed by atoms with E-state index in [0.717, 1.165) is 43.7 Å². The Morgan fingerprint density at radius 2 is 1.82 bits per heavy atom. The van der Waals surface area contributed by atoms with Crippen LogP contribution in [0.1, 0.15) is 48.9 Å². The number of methoxy groups -OCH3 is 1. The van der Waals surface area contributed by atoms with Crippen LogP contribution in [0.5, 0.6) is 11.5 Å². The molecule has 1 saturated heterocycles. The SMILES string of the molecule is CCCc1cc(OC)c(F)c(COc2cnc(Nc3ccc(C4CCNCC4)nc3)nc2)c1F. The number of hydrogen-bond acceptors (Lipinski definition) is 7. The molecule has 0 radical (unpaired) electrons. The van der Waals surface area contributed by atoms with Gasteiger partial charge in [0.2, 0.25) is 5.95 Å². The molecule has 1 aliphatic heterocycles. The Kier molecular flexibility index (Phi) is 7.84. The number of hydrogen-bond donors (Lipinski definition) is 2. The van der Waals surface area contributed by atoms with Gasteiger partial charge in [-0.05, 0) is 56.1 Å². The summed E-state index contributed by atoms with van der Waals surface area (Å²) in [4.78, 5) is 13.0. The van der Waals surface area contributed by atoms with E-state index in [1.54, 1.807) is 6.20 Å². The topological polar surface area (TPSA) is 81.2 Å². The number of anilines is 2. The minimum Gasteiger partial charge on any atom is -0.494 e. The van der Waals surface area contributed by atoms with Crippen molar-refractivity contribution in [3.63, 3.8) is 0 Å². The van der Waals surface area contributed by atoms with Crippen molar-refractivity contribution < 1.29 is 18.3 Å². The molecule has 0 bridgehead atoms. The molecule has 7 nitrogen and oxygen atoms in total. The molecule has 0 spiro atoms. The van der Waals surface area contributed by atoms with Crippen LogP contribution in [-0.4, -0.2) is 35.2 Å². The number of nitrogens with one attached hydrogen (secondary N) is 2. The predicted octanol–water partition coefficient (Wildman–Crippen LogP) is 4.90. The van der Waals surface area contributed by atoms with Crippen molar-refractivity contribution in [1.82, 2.24) is 20.3 Å². The third-order valence-electron chi connectivity index (χ3n) is 5.88. The Labute approximate surface area is 198 Å². The van der Waals surface area contributed by atoms with Crippen molar-refractivity contribution in [2.45, 2.75) is 45.1 Å². The van der Waals surface area contributed by atoms with Gasteiger partial charge in [-0.25, -0.2) is 18.7 Å². The van der Waals surface area contributed by atoms with Crippen molar-refractivity contribution in [3.8, 4) is 11.5 Å². The fourth-order valence-corrected chi connectivity index (χ4v) is 4.03. The third-order valence-corrected chi connectivity index (χ3v) is 5.88. The Balaban J connectivity index is 1.38. The van der Waals surface area contributed by atoms with Gasteiger partial charge in [-0.2, -0.15) is 0 Å². The summed E-state index contributed by atoms with van der Waals surface area (Å²) in [5.41, 5.74) is 2.09. The van der Waals surface area contributed by atoms with Crippen LogP contribution in [-0.2, 0) is 13.0 Å². The van der Waals surface area contributed by atoms with Gasteiger partial charge in [0, 0.05) is 11.6 Å². The molecule has 9 heteroatoms.